The molecule has 1 aliphatic heterocycles. The number of hydrogen-bond donors (Lipinski definition) is 2. The average molecular weight is 638 g/mol. The number of aromatic carboxylic acids is 1. The van der Waals surface area contributed by atoms with Gasteiger partial charge in [-0.3, -0.25) is 14.8 Å². The van der Waals surface area contributed by atoms with Crippen molar-refractivity contribution in [2.75, 3.05) is 84.4 Å². The highest BCUT2D eigenvalue weighted by Gasteiger charge is 2.23. The van der Waals surface area contributed by atoms with E-state index in [1.54, 1.807) is 6.07 Å². The van der Waals surface area contributed by atoms with Crippen LogP contribution in [0.15, 0.2) is 66.9 Å². The Hall–Kier alpha value is -3.36. The number of carboxylic acids is 1. The summed E-state index contributed by atoms with van der Waals surface area (Å²) in [5.41, 5.74) is 3.74. The summed E-state index contributed by atoms with van der Waals surface area (Å²) in [5, 5.41) is 12.5. The molecule has 1 aromatic carbocycles. The summed E-state index contributed by atoms with van der Waals surface area (Å²) in [4.78, 5) is 25.5. The van der Waals surface area contributed by atoms with Gasteiger partial charge >= 0.3 is 5.97 Å². The normalized spacial score (nSPS) is 17.9. The molecule has 0 amide bonds. The summed E-state index contributed by atoms with van der Waals surface area (Å²) in [7, 11) is 0. The van der Waals surface area contributed by atoms with E-state index in [0.29, 0.717) is 91.3 Å². The number of hydrogen-bond acceptors (Lipinski definition) is 10. The molecule has 2 aromatic heterocycles. The van der Waals surface area contributed by atoms with Gasteiger partial charge in [-0.05, 0) is 48.9 Å². The number of nitrogens with zero attached hydrogens (tertiary/aromatic N) is 4. The maximum atomic E-state index is 11.3. The molecule has 2 N–H and O–H groups in total. The van der Waals surface area contributed by atoms with Gasteiger partial charge in [0.25, 0.3) is 0 Å². The molecule has 242 valence electrons. The highest BCUT2D eigenvalue weighted by molar-refractivity contribution is 7.80. The molecule has 1 unspecified atom stereocenters. The van der Waals surface area contributed by atoms with Crippen molar-refractivity contribution in [3.8, 4) is 0 Å². The van der Waals surface area contributed by atoms with Crippen LogP contribution in [0.5, 0.6) is 0 Å². The number of pyridine rings is 2. The lowest BCUT2D eigenvalue weighted by Crippen LogP contribution is -2.36. The summed E-state index contributed by atoms with van der Waals surface area (Å²) in [6, 6.07) is 19.2. The minimum atomic E-state index is -1.04. The third-order valence-corrected chi connectivity index (χ3v) is 7.29. The van der Waals surface area contributed by atoms with Crippen molar-refractivity contribution < 1.29 is 28.8 Å². The zero-order valence-electron chi connectivity index (χ0n) is 25.8. The lowest BCUT2D eigenvalue weighted by atomic mass is 10.0. The highest BCUT2D eigenvalue weighted by atomic mass is 32.1. The van der Waals surface area contributed by atoms with Crippen molar-refractivity contribution >= 4 is 28.9 Å². The van der Waals surface area contributed by atoms with Crippen LogP contribution in [-0.2, 0) is 25.5 Å². The van der Waals surface area contributed by atoms with Crippen molar-refractivity contribution in [3.63, 3.8) is 0 Å². The van der Waals surface area contributed by atoms with E-state index in [1.807, 2.05) is 43.5 Å². The van der Waals surface area contributed by atoms with Gasteiger partial charge in [-0.25, -0.2) is 9.78 Å². The highest BCUT2D eigenvalue weighted by Crippen LogP contribution is 2.28. The van der Waals surface area contributed by atoms with Gasteiger partial charge in [-0.1, -0.05) is 36.5 Å². The van der Waals surface area contributed by atoms with Crippen LogP contribution in [0.2, 0.25) is 0 Å². The minimum Gasteiger partial charge on any atom is -0.477 e. The van der Waals surface area contributed by atoms with E-state index in [4.69, 9.17) is 36.1 Å². The molecule has 0 spiro atoms. The van der Waals surface area contributed by atoms with E-state index in [1.165, 1.54) is 6.07 Å². The lowest BCUT2D eigenvalue weighted by Gasteiger charge is -2.32. The number of ether oxygens (including phenoxy) is 4. The molecule has 0 saturated carbocycles. The largest absolute Gasteiger partial charge is 0.477 e. The fourth-order valence-electron chi connectivity index (χ4n) is 5.01. The maximum absolute atomic E-state index is 11.3. The third-order valence-electron chi connectivity index (χ3n) is 7.18. The van der Waals surface area contributed by atoms with E-state index in [-0.39, 0.29) is 11.7 Å². The quantitative estimate of drug-likeness (QED) is 0.366. The first kappa shape index (κ1) is 34.5. The maximum Gasteiger partial charge on any atom is 0.354 e. The monoisotopic (exact) mass is 637 g/mol. The summed E-state index contributed by atoms with van der Waals surface area (Å²) >= 11 is 5.21. The van der Waals surface area contributed by atoms with Crippen LogP contribution < -0.4 is 5.32 Å². The fraction of sp³-hybridized carbons (Fsp3) is 0.455. The second kappa shape index (κ2) is 19.2. The molecule has 1 saturated heterocycles. The number of aromatic nitrogens is 2. The summed E-state index contributed by atoms with van der Waals surface area (Å²) < 4.78 is 23.8. The molecular formula is C33H43N5O6S. The first-order valence-electron chi connectivity index (χ1n) is 15.2. The molecule has 1 aliphatic rings. The zero-order valence-corrected chi connectivity index (χ0v) is 26.6. The Morgan fingerprint density at radius 3 is 2.02 bits per heavy atom. The first-order valence-corrected chi connectivity index (χ1v) is 15.7. The van der Waals surface area contributed by atoms with Crippen LogP contribution in [0.4, 0.5) is 5.69 Å². The number of anilines is 1. The zero-order chi connectivity index (χ0) is 31.7. The van der Waals surface area contributed by atoms with Gasteiger partial charge in [0.2, 0.25) is 0 Å². The van der Waals surface area contributed by atoms with Crippen LogP contribution in [0.25, 0.3) is 0 Å². The number of rotatable bonds is 7. The van der Waals surface area contributed by atoms with Gasteiger partial charge in [-0.2, -0.15) is 0 Å². The van der Waals surface area contributed by atoms with Crippen LogP contribution in [0, 0.1) is 0 Å². The molecular weight excluding hydrogens is 594 g/mol. The predicted octanol–water partition coefficient (Wildman–Crippen LogP) is 3.91. The molecule has 12 heteroatoms. The van der Waals surface area contributed by atoms with Gasteiger partial charge in [0.1, 0.15) is 5.69 Å². The second-order valence-corrected chi connectivity index (χ2v) is 11.2. The van der Waals surface area contributed by atoms with Gasteiger partial charge in [0.15, 0.2) is 0 Å². The van der Waals surface area contributed by atoms with Crippen LogP contribution in [0.3, 0.4) is 0 Å². The molecule has 3 aromatic rings. The third kappa shape index (κ3) is 12.2. The molecule has 45 heavy (non-hydrogen) atoms. The average Bonchev–Trinajstić information content (AvgIpc) is 3.04. The summed E-state index contributed by atoms with van der Waals surface area (Å²) in [6.07, 6.45) is 1.82. The van der Waals surface area contributed by atoms with E-state index in [2.05, 4.69) is 38.3 Å². The van der Waals surface area contributed by atoms with Gasteiger partial charge in [0, 0.05) is 44.6 Å². The number of carbonyl (C=O) groups is 1. The Morgan fingerprint density at radius 1 is 0.844 bits per heavy atom. The Labute approximate surface area is 270 Å². The van der Waals surface area contributed by atoms with E-state index in [0.717, 1.165) is 21.9 Å². The van der Waals surface area contributed by atoms with Gasteiger partial charge in [0.05, 0.1) is 75.3 Å². The second-order valence-electron chi connectivity index (χ2n) is 10.5. The molecule has 0 bridgehead atoms. The van der Waals surface area contributed by atoms with E-state index < -0.39 is 5.97 Å². The van der Waals surface area contributed by atoms with Crippen molar-refractivity contribution in [3.05, 3.63) is 89.5 Å². The van der Waals surface area contributed by atoms with Crippen molar-refractivity contribution in [2.24, 2.45) is 0 Å². The summed E-state index contributed by atoms with van der Waals surface area (Å²) in [5.74, 6) is -1.04. The Bertz CT molecular complexity index is 1300. The van der Waals surface area contributed by atoms with Gasteiger partial charge in [-0.15, -0.1) is 0 Å². The Kier molecular flexibility index (Phi) is 14.7. The van der Waals surface area contributed by atoms with E-state index in [9.17, 15) is 9.90 Å². The molecule has 11 nitrogen and oxygen atoms in total. The van der Waals surface area contributed by atoms with Crippen LogP contribution in [-0.4, -0.2) is 115 Å². The standard InChI is InChI=1S/C33H43N5O6S/c1-26(45)35-28-10-8-27(9-11-28)32(30-6-2-3-12-34-30)38-15-19-43-23-21-41-17-13-37(14-18-42-22-24-44-20-16-38)25-29-5-4-7-31(36-29)33(39)40/h2-12,32H,13-25H2,1H3,(H,35,45)(H,39,40). The lowest BCUT2D eigenvalue weighted by molar-refractivity contribution is 0.00332. The molecule has 0 aliphatic carbocycles. The van der Waals surface area contributed by atoms with E-state index >= 15 is 0 Å². The molecule has 4 rings (SSSR count). The number of thiocarbonyl (C=S) groups is 1. The van der Waals surface area contributed by atoms with Crippen molar-refractivity contribution in [2.45, 2.75) is 19.5 Å². The minimum absolute atomic E-state index is 0.0351. The first-order chi connectivity index (χ1) is 22.0. The van der Waals surface area contributed by atoms with Crippen molar-refractivity contribution in [1.82, 2.24) is 19.8 Å². The van der Waals surface area contributed by atoms with Crippen molar-refractivity contribution in [1.29, 1.82) is 0 Å². The number of benzene rings is 1. The number of carboxylic acid groups (broad SMARTS) is 1. The van der Waals surface area contributed by atoms with Crippen LogP contribution in [0.1, 0.15) is 40.4 Å². The smallest absolute Gasteiger partial charge is 0.354 e. The molecule has 3 heterocycles. The Balaban J connectivity index is 1.37. The SMILES string of the molecule is CC(=S)Nc1ccc(C(c2ccccn2)N2CCOCCOCCN(Cc3cccc(C(=O)O)n3)CCOCCOCC2)cc1. The summed E-state index contributed by atoms with van der Waals surface area (Å²) in [6.45, 7) is 8.96. The Morgan fingerprint density at radius 2 is 1.47 bits per heavy atom. The predicted molar refractivity (Wildman–Crippen MR) is 176 cm³/mol. The van der Waals surface area contributed by atoms with Gasteiger partial charge < -0.3 is 29.4 Å². The topological polar surface area (TPSA) is 119 Å². The fourth-order valence-corrected chi connectivity index (χ4v) is 5.13. The van der Waals surface area contributed by atoms with Crippen LogP contribution >= 0.6 is 12.2 Å². The molecule has 1 fully saturated rings. The molecule has 1 atom stereocenters. The number of nitrogens with one attached hydrogen (secondary N) is 1. The molecule has 0 radical (unpaired) electrons.